The van der Waals surface area contributed by atoms with Crippen molar-refractivity contribution in [2.45, 2.75) is 103 Å². The normalized spacial score (nSPS) is 60.8. The standard InChI is InChI=1S/C28H41NO3/c1-16-11-23-24(29(31)14-16)17(2)28(32-23)10-8-21-20-6-5-18-12-19(30)7-9-25(18,3)22(20)13-27(21)15-26(27,28)4/h12,16-17,20-24,31H,5-11,13-15H2,1-4H3/t16-,17+,20-,21-,22-,23+,24-,25-,26?,27?,28+/m0/s1. The molecule has 32 heavy (non-hydrogen) atoms. The molecule has 2 heterocycles. The average molecular weight is 440 g/mol. The number of hydrogen-bond donors (Lipinski definition) is 1. The highest BCUT2D eigenvalue weighted by molar-refractivity contribution is 5.91. The third-order valence-electron chi connectivity index (χ3n) is 12.7. The summed E-state index contributed by atoms with van der Waals surface area (Å²) in [5, 5.41) is 12.5. The minimum atomic E-state index is -0.0700. The molecule has 2 saturated heterocycles. The predicted octanol–water partition coefficient (Wildman–Crippen LogP) is 5.39. The van der Waals surface area contributed by atoms with Gasteiger partial charge in [-0.3, -0.25) is 4.79 Å². The Balaban J connectivity index is 1.24. The summed E-state index contributed by atoms with van der Waals surface area (Å²) in [6.07, 6.45) is 12.7. The van der Waals surface area contributed by atoms with Crippen LogP contribution in [0.15, 0.2) is 11.6 Å². The Hall–Kier alpha value is -0.710. The highest BCUT2D eigenvalue weighted by atomic mass is 16.5. The van der Waals surface area contributed by atoms with Gasteiger partial charge in [-0.25, -0.2) is 0 Å². The van der Waals surface area contributed by atoms with Crippen molar-refractivity contribution in [2.75, 3.05) is 6.54 Å². The van der Waals surface area contributed by atoms with E-state index in [0.717, 1.165) is 50.0 Å². The summed E-state index contributed by atoms with van der Waals surface area (Å²) >= 11 is 0. The Bertz CT molecular complexity index is 914. The van der Waals surface area contributed by atoms with Gasteiger partial charge in [-0.15, -0.1) is 0 Å². The lowest BCUT2D eigenvalue weighted by molar-refractivity contribution is -0.182. The molecular weight excluding hydrogens is 398 g/mol. The monoisotopic (exact) mass is 439 g/mol. The van der Waals surface area contributed by atoms with E-state index in [1.807, 2.05) is 6.08 Å². The number of nitrogens with zero attached hydrogens (tertiary/aromatic N) is 1. The molecule has 11 atom stereocenters. The Labute approximate surface area is 193 Å². The lowest BCUT2D eigenvalue weighted by atomic mass is 9.56. The van der Waals surface area contributed by atoms with E-state index >= 15 is 0 Å². The molecule has 0 aromatic carbocycles. The van der Waals surface area contributed by atoms with Crippen LogP contribution < -0.4 is 0 Å². The molecule has 5 aliphatic carbocycles. The molecule has 0 amide bonds. The number of carbonyl (C=O) groups is 1. The molecule has 0 aromatic heterocycles. The van der Waals surface area contributed by atoms with Crippen LogP contribution in [0.1, 0.15) is 85.5 Å². The largest absolute Gasteiger partial charge is 0.369 e. The molecule has 2 spiro atoms. The van der Waals surface area contributed by atoms with Crippen molar-refractivity contribution >= 4 is 5.78 Å². The second-order valence-corrected chi connectivity index (χ2v) is 13.7. The average Bonchev–Trinajstić information content (AvgIpc) is 3.06. The molecule has 4 nitrogen and oxygen atoms in total. The zero-order valence-electron chi connectivity index (χ0n) is 20.4. The number of hydrogen-bond acceptors (Lipinski definition) is 4. The Morgan fingerprint density at radius 1 is 1.12 bits per heavy atom. The molecule has 2 unspecified atom stereocenters. The second-order valence-electron chi connectivity index (χ2n) is 13.7. The first-order valence-corrected chi connectivity index (χ1v) is 13.5. The fraction of sp³-hybridized carbons (Fsp3) is 0.893. The van der Waals surface area contributed by atoms with E-state index in [2.05, 4.69) is 27.7 Å². The number of carbonyl (C=O) groups excluding carboxylic acids is 1. The second kappa shape index (κ2) is 6.10. The van der Waals surface area contributed by atoms with Crippen LogP contribution in [-0.2, 0) is 9.53 Å². The highest BCUT2D eigenvalue weighted by Gasteiger charge is 2.84. The van der Waals surface area contributed by atoms with E-state index in [0.29, 0.717) is 23.0 Å². The Morgan fingerprint density at radius 3 is 2.75 bits per heavy atom. The summed E-state index contributed by atoms with van der Waals surface area (Å²) in [7, 11) is 0. The van der Waals surface area contributed by atoms with E-state index in [1.54, 1.807) is 5.06 Å². The SMILES string of the molecule is C[C@H]1C[C@H]2O[C@]3(CC[C@H]4[C@@H]5CCC6=CC(=O)CC[C@]6(C)[C@H]5CC45CC53C)[C@H](C)[C@@H]2N(O)C1. The molecule has 4 saturated carbocycles. The van der Waals surface area contributed by atoms with Crippen LogP contribution in [0, 0.1) is 45.8 Å². The number of piperidine rings is 1. The zero-order chi connectivity index (χ0) is 22.3. The van der Waals surface area contributed by atoms with Crippen molar-refractivity contribution in [3.8, 4) is 0 Å². The number of allylic oxidation sites excluding steroid dienone is 2. The van der Waals surface area contributed by atoms with Gasteiger partial charge in [0.1, 0.15) is 0 Å². The van der Waals surface area contributed by atoms with Crippen molar-refractivity contribution in [3.05, 3.63) is 11.6 Å². The maximum atomic E-state index is 12.2. The van der Waals surface area contributed by atoms with Gasteiger partial charge in [-0.05, 0) is 91.9 Å². The first-order chi connectivity index (χ1) is 15.2. The van der Waals surface area contributed by atoms with Gasteiger partial charge in [0.05, 0.1) is 17.7 Å². The molecule has 6 fully saturated rings. The number of fused-ring (bicyclic) bond motifs is 6. The molecule has 7 rings (SSSR count). The molecule has 0 radical (unpaired) electrons. The van der Waals surface area contributed by atoms with Crippen LogP contribution in [0.2, 0.25) is 0 Å². The topological polar surface area (TPSA) is 49.8 Å². The minimum absolute atomic E-state index is 0.0700. The maximum absolute atomic E-state index is 12.2. The first-order valence-electron chi connectivity index (χ1n) is 13.5. The van der Waals surface area contributed by atoms with Crippen LogP contribution >= 0.6 is 0 Å². The molecule has 176 valence electrons. The first kappa shape index (κ1) is 20.6. The number of ketones is 1. The molecule has 1 N–H and O–H groups in total. The summed E-state index contributed by atoms with van der Waals surface area (Å²) in [6, 6.07) is 0.164. The maximum Gasteiger partial charge on any atom is 0.155 e. The Morgan fingerprint density at radius 2 is 1.94 bits per heavy atom. The molecule has 4 heteroatoms. The summed E-state index contributed by atoms with van der Waals surface area (Å²) in [6.45, 7) is 10.5. The van der Waals surface area contributed by atoms with Crippen molar-refractivity contribution in [2.24, 2.45) is 45.8 Å². The van der Waals surface area contributed by atoms with Gasteiger partial charge >= 0.3 is 0 Å². The van der Waals surface area contributed by atoms with E-state index in [1.165, 1.54) is 37.7 Å². The van der Waals surface area contributed by atoms with Crippen molar-refractivity contribution in [1.82, 2.24) is 5.06 Å². The van der Waals surface area contributed by atoms with Gasteiger partial charge in [-0.2, -0.15) is 5.06 Å². The van der Waals surface area contributed by atoms with Crippen LogP contribution in [0.5, 0.6) is 0 Å². The van der Waals surface area contributed by atoms with Crippen LogP contribution in [0.3, 0.4) is 0 Å². The molecule has 0 bridgehead atoms. The third kappa shape index (κ3) is 2.16. The van der Waals surface area contributed by atoms with Crippen LogP contribution in [0.4, 0.5) is 0 Å². The lowest BCUT2D eigenvalue weighted by Crippen LogP contribution is -2.53. The highest BCUT2D eigenvalue weighted by Crippen LogP contribution is 2.87. The number of rotatable bonds is 0. The summed E-state index contributed by atoms with van der Waals surface area (Å²) in [5.41, 5.74) is 2.32. The van der Waals surface area contributed by atoms with Gasteiger partial charge in [0.15, 0.2) is 5.78 Å². The van der Waals surface area contributed by atoms with Gasteiger partial charge in [0.2, 0.25) is 0 Å². The number of hydroxylamine groups is 2. The molecular formula is C28H41NO3. The van der Waals surface area contributed by atoms with Gasteiger partial charge < -0.3 is 9.94 Å². The summed E-state index contributed by atoms with van der Waals surface area (Å²) < 4.78 is 7.15. The van der Waals surface area contributed by atoms with E-state index in [9.17, 15) is 10.0 Å². The summed E-state index contributed by atoms with van der Waals surface area (Å²) in [4.78, 5) is 12.2. The van der Waals surface area contributed by atoms with E-state index < -0.39 is 0 Å². The molecule has 2 aliphatic heterocycles. The molecule has 0 aromatic rings. The predicted molar refractivity (Wildman–Crippen MR) is 122 cm³/mol. The van der Waals surface area contributed by atoms with Gasteiger partial charge in [0.25, 0.3) is 0 Å². The Kier molecular flexibility index (Phi) is 3.93. The smallest absolute Gasteiger partial charge is 0.155 e. The van der Waals surface area contributed by atoms with Crippen LogP contribution in [0.25, 0.3) is 0 Å². The fourth-order valence-corrected chi connectivity index (χ4v) is 11.2. The zero-order valence-corrected chi connectivity index (χ0v) is 20.4. The van der Waals surface area contributed by atoms with Crippen molar-refractivity contribution in [3.63, 3.8) is 0 Å². The lowest BCUT2D eigenvalue weighted by Gasteiger charge is -2.50. The van der Waals surface area contributed by atoms with Gasteiger partial charge in [-0.1, -0.05) is 33.3 Å². The van der Waals surface area contributed by atoms with Crippen molar-refractivity contribution < 1.29 is 14.7 Å². The van der Waals surface area contributed by atoms with Crippen LogP contribution in [-0.4, -0.2) is 40.3 Å². The minimum Gasteiger partial charge on any atom is -0.369 e. The molecule has 7 aliphatic rings. The fourth-order valence-electron chi connectivity index (χ4n) is 11.2. The number of ether oxygens (including phenoxy) is 1. The van der Waals surface area contributed by atoms with Gasteiger partial charge in [0, 0.05) is 24.3 Å². The van der Waals surface area contributed by atoms with E-state index in [4.69, 9.17) is 4.74 Å². The quantitative estimate of drug-likeness (QED) is 0.550. The third-order valence-corrected chi connectivity index (χ3v) is 12.7. The van der Waals surface area contributed by atoms with Crippen molar-refractivity contribution in [1.29, 1.82) is 0 Å². The van der Waals surface area contributed by atoms with E-state index in [-0.39, 0.29) is 28.6 Å². The summed E-state index contributed by atoms with van der Waals surface area (Å²) in [5.74, 6) is 3.65.